The lowest BCUT2D eigenvalue weighted by Gasteiger charge is -2.43. The van der Waals surface area contributed by atoms with Gasteiger partial charge >= 0.3 is 0 Å². The summed E-state index contributed by atoms with van der Waals surface area (Å²) in [6, 6.07) is 20.3. The molecule has 1 aliphatic heterocycles. The first-order valence-corrected chi connectivity index (χ1v) is 9.28. The van der Waals surface area contributed by atoms with Crippen molar-refractivity contribution in [3.8, 4) is 0 Å². The molecule has 1 saturated heterocycles. The number of benzene rings is 2. The van der Waals surface area contributed by atoms with Crippen molar-refractivity contribution in [1.29, 1.82) is 0 Å². The van der Waals surface area contributed by atoms with Gasteiger partial charge in [0.05, 0.1) is 25.9 Å². The highest BCUT2D eigenvalue weighted by atomic mass is 16.5. The number of aliphatic hydroxyl groups is 1. The maximum atomic E-state index is 10.6. The molecule has 0 radical (unpaired) electrons. The number of rotatable bonds is 7. The molecular weight excluding hydrogens is 326 g/mol. The van der Waals surface area contributed by atoms with Crippen LogP contribution in [0.25, 0.3) is 0 Å². The molecule has 0 amide bonds. The molecule has 0 bridgehead atoms. The maximum Gasteiger partial charge on any atom is 0.108 e. The van der Waals surface area contributed by atoms with Crippen molar-refractivity contribution < 1.29 is 14.6 Å². The molecule has 2 aromatic carbocycles. The summed E-state index contributed by atoms with van der Waals surface area (Å²) >= 11 is 0. The molecular formula is C22H29NO3. The van der Waals surface area contributed by atoms with E-state index in [0.717, 1.165) is 17.7 Å². The number of nitrogens with zero attached hydrogens (tertiary/aromatic N) is 1. The highest BCUT2D eigenvalue weighted by Crippen LogP contribution is 2.26. The Kier molecular flexibility index (Phi) is 6.43. The fraction of sp³-hybridized carbons (Fsp3) is 0.455. The molecule has 140 valence electrons. The number of aliphatic hydroxyl groups excluding tert-OH is 1. The van der Waals surface area contributed by atoms with E-state index < -0.39 is 6.10 Å². The summed E-state index contributed by atoms with van der Waals surface area (Å²) < 4.78 is 11.7. The van der Waals surface area contributed by atoms with Crippen molar-refractivity contribution in [2.24, 2.45) is 0 Å². The van der Waals surface area contributed by atoms with Crippen LogP contribution < -0.4 is 0 Å². The van der Waals surface area contributed by atoms with Crippen molar-refractivity contribution in [1.82, 2.24) is 4.90 Å². The van der Waals surface area contributed by atoms with Gasteiger partial charge in [-0.15, -0.1) is 0 Å². The second kappa shape index (κ2) is 8.78. The molecule has 1 atom stereocenters. The van der Waals surface area contributed by atoms with Crippen LogP contribution >= 0.6 is 0 Å². The van der Waals surface area contributed by atoms with Crippen molar-refractivity contribution in [2.75, 3.05) is 32.9 Å². The fourth-order valence-electron chi connectivity index (χ4n) is 3.38. The number of morpholine rings is 1. The molecule has 0 aromatic heterocycles. The quantitative estimate of drug-likeness (QED) is 0.828. The van der Waals surface area contributed by atoms with Gasteiger partial charge in [-0.05, 0) is 25.0 Å². The summed E-state index contributed by atoms with van der Waals surface area (Å²) in [6.45, 7) is 7.43. The molecule has 1 aliphatic rings. The van der Waals surface area contributed by atoms with Crippen molar-refractivity contribution >= 4 is 0 Å². The molecule has 1 fully saturated rings. The normalized spacial score (nSPS) is 18.8. The summed E-state index contributed by atoms with van der Waals surface area (Å²) in [5.41, 5.74) is 2.13. The van der Waals surface area contributed by atoms with E-state index in [9.17, 15) is 5.11 Å². The Hall–Kier alpha value is -1.72. The van der Waals surface area contributed by atoms with Crippen LogP contribution in [0.4, 0.5) is 0 Å². The zero-order valence-corrected chi connectivity index (χ0v) is 15.7. The first-order chi connectivity index (χ1) is 12.6. The van der Waals surface area contributed by atoms with E-state index in [0.29, 0.717) is 26.4 Å². The van der Waals surface area contributed by atoms with Crippen molar-refractivity contribution in [3.05, 3.63) is 71.8 Å². The lowest BCUT2D eigenvalue weighted by molar-refractivity contribution is -0.0799. The predicted octanol–water partition coefficient (Wildman–Crippen LogP) is 3.26. The molecule has 1 heterocycles. The van der Waals surface area contributed by atoms with Gasteiger partial charge in [-0.3, -0.25) is 4.90 Å². The number of hydrogen-bond donors (Lipinski definition) is 1. The Labute approximate surface area is 156 Å². The van der Waals surface area contributed by atoms with Crippen LogP contribution in [0.15, 0.2) is 60.7 Å². The molecule has 0 saturated carbocycles. The van der Waals surface area contributed by atoms with Gasteiger partial charge < -0.3 is 14.6 Å². The summed E-state index contributed by atoms with van der Waals surface area (Å²) in [5, 5.41) is 10.6. The van der Waals surface area contributed by atoms with Gasteiger partial charge in [0.2, 0.25) is 0 Å². The highest BCUT2D eigenvalue weighted by Gasteiger charge is 2.31. The van der Waals surface area contributed by atoms with Crippen LogP contribution in [-0.4, -0.2) is 54.6 Å². The Morgan fingerprint density at radius 2 is 1.62 bits per heavy atom. The van der Waals surface area contributed by atoms with E-state index in [2.05, 4.69) is 43.0 Å². The summed E-state index contributed by atoms with van der Waals surface area (Å²) in [7, 11) is 0. The van der Waals surface area contributed by atoms with Gasteiger partial charge in [0.1, 0.15) is 6.10 Å². The third-order valence-electron chi connectivity index (χ3n) is 4.91. The van der Waals surface area contributed by atoms with Crippen LogP contribution in [0.3, 0.4) is 0 Å². The van der Waals surface area contributed by atoms with Gasteiger partial charge in [-0.25, -0.2) is 0 Å². The molecule has 0 spiro atoms. The lowest BCUT2D eigenvalue weighted by atomic mass is 10.0. The average Bonchev–Trinajstić information content (AvgIpc) is 2.65. The van der Waals surface area contributed by atoms with E-state index in [-0.39, 0.29) is 11.6 Å². The third-order valence-corrected chi connectivity index (χ3v) is 4.91. The van der Waals surface area contributed by atoms with Gasteiger partial charge in [-0.2, -0.15) is 0 Å². The minimum atomic E-state index is -0.540. The van der Waals surface area contributed by atoms with E-state index >= 15 is 0 Å². The Bertz CT molecular complexity index is 620. The van der Waals surface area contributed by atoms with Gasteiger partial charge in [0.15, 0.2) is 0 Å². The van der Waals surface area contributed by atoms with Gasteiger partial charge in [0, 0.05) is 18.6 Å². The molecule has 1 unspecified atom stereocenters. The monoisotopic (exact) mass is 355 g/mol. The zero-order valence-electron chi connectivity index (χ0n) is 15.7. The van der Waals surface area contributed by atoms with Crippen LogP contribution in [0.5, 0.6) is 0 Å². The van der Waals surface area contributed by atoms with Gasteiger partial charge in [-0.1, -0.05) is 60.7 Å². The molecule has 26 heavy (non-hydrogen) atoms. The minimum absolute atomic E-state index is 0.0580. The number of hydrogen-bond acceptors (Lipinski definition) is 4. The third kappa shape index (κ3) is 4.92. The van der Waals surface area contributed by atoms with E-state index in [1.807, 2.05) is 36.4 Å². The summed E-state index contributed by atoms with van der Waals surface area (Å²) in [4.78, 5) is 2.28. The SMILES string of the molecule is CC1(C)COCCN1CC(O)COC(c1ccccc1)c1ccccc1. The topological polar surface area (TPSA) is 41.9 Å². The Morgan fingerprint density at radius 3 is 2.15 bits per heavy atom. The second-order valence-corrected chi connectivity index (χ2v) is 7.50. The molecule has 3 rings (SSSR count). The maximum absolute atomic E-state index is 10.6. The smallest absolute Gasteiger partial charge is 0.108 e. The molecule has 2 aromatic rings. The minimum Gasteiger partial charge on any atom is -0.389 e. The standard InChI is InChI=1S/C22H29NO3/c1-22(2)17-25-14-13-23(22)15-20(24)16-26-21(18-9-5-3-6-10-18)19-11-7-4-8-12-19/h3-12,20-21,24H,13-17H2,1-2H3. The van der Waals surface area contributed by atoms with Crippen LogP contribution in [-0.2, 0) is 9.47 Å². The highest BCUT2D eigenvalue weighted by molar-refractivity contribution is 5.29. The molecule has 1 N–H and O–H groups in total. The van der Waals surface area contributed by atoms with E-state index in [1.165, 1.54) is 0 Å². The Morgan fingerprint density at radius 1 is 1.04 bits per heavy atom. The molecule has 4 heteroatoms. The van der Waals surface area contributed by atoms with Crippen LogP contribution in [0, 0.1) is 0 Å². The van der Waals surface area contributed by atoms with E-state index in [4.69, 9.17) is 9.47 Å². The Balaban J connectivity index is 1.64. The number of β-amino-alcohol motifs (C(OH)–C–C–N with tert-alkyl or cyclic N) is 1. The largest absolute Gasteiger partial charge is 0.389 e. The fourth-order valence-corrected chi connectivity index (χ4v) is 3.38. The van der Waals surface area contributed by atoms with Crippen LogP contribution in [0.2, 0.25) is 0 Å². The van der Waals surface area contributed by atoms with Crippen LogP contribution in [0.1, 0.15) is 31.1 Å². The summed E-state index contributed by atoms with van der Waals surface area (Å²) in [5.74, 6) is 0. The number of ether oxygens (including phenoxy) is 2. The first-order valence-electron chi connectivity index (χ1n) is 9.28. The average molecular weight is 355 g/mol. The van der Waals surface area contributed by atoms with Gasteiger partial charge in [0.25, 0.3) is 0 Å². The first kappa shape index (κ1) is 19.1. The van der Waals surface area contributed by atoms with Crippen molar-refractivity contribution in [2.45, 2.75) is 31.6 Å². The predicted molar refractivity (Wildman–Crippen MR) is 103 cm³/mol. The van der Waals surface area contributed by atoms with Crippen molar-refractivity contribution in [3.63, 3.8) is 0 Å². The van der Waals surface area contributed by atoms with E-state index in [1.54, 1.807) is 0 Å². The molecule has 0 aliphatic carbocycles. The summed E-state index contributed by atoms with van der Waals surface area (Å²) in [6.07, 6.45) is -0.716. The zero-order chi connectivity index (χ0) is 18.4. The molecule has 4 nitrogen and oxygen atoms in total. The second-order valence-electron chi connectivity index (χ2n) is 7.50. The lowest BCUT2D eigenvalue weighted by Crippen LogP contribution is -2.55.